The molecule has 0 aromatic heterocycles. The first kappa shape index (κ1) is 19.3. The van der Waals surface area contributed by atoms with Gasteiger partial charge in [-0.3, -0.25) is 4.79 Å². The van der Waals surface area contributed by atoms with Crippen molar-refractivity contribution in [2.45, 2.75) is 19.4 Å². The predicted octanol–water partition coefficient (Wildman–Crippen LogP) is 1.42. The highest BCUT2D eigenvalue weighted by molar-refractivity contribution is 5.79. The molecule has 2 aromatic carbocycles. The van der Waals surface area contributed by atoms with E-state index in [0.717, 1.165) is 37.4 Å². The average molecular weight is 374 g/mol. The first-order chi connectivity index (χ1) is 13.0. The van der Waals surface area contributed by atoms with E-state index in [1.54, 1.807) is 24.3 Å². The van der Waals surface area contributed by atoms with Crippen molar-refractivity contribution in [3.63, 3.8) is 0 Å². The number of rotatable bonds is 6. The molecule has 2 N–H and O–H groups in total. The van der Waals surface area contributed by atoms with E-state index >= 15 is 0 Å². The number of nitrogens with one attached hydrogen (secondary N) is 2. The van der Waals surface area contributed by atoms with Gasteiger partial charge in [-0.05, 0) is 55.3 Å². The number of carbonyl (C=O) groups excluding carboxylic acids is 1. The van der Waals surface area contributed by atoms with Crippen LogP contribution in [0.25, 0.3) is 0 Å². The van der Waals surface area contributed by atoms with Crippen LogP contribution in [0.4, 0.5) is 14.5 Å². The molecule has 144 valence electrons. The molecule has 1 amide bonds. The minimum Gasteiger partial charge on any atom is -0.360 e. The normalized spacial score (nSPS) is 16.2. The highest BCUT2D eigenvalue weighted by Crippen LogP contribution is 2.14. The van der Waals surface area contributed by atoms with Gasteiger partial charge >= 0.3 is 0 Å². The molecule has 0 aliphatic carbocycles. The van der Waals surface area contributed by atoms with Crippen molar-refractivity contribution < 1.29 is 18.5 Å². The number of benzene rings is 2. The molecule has 2 aromatic rings. The fourth-order valence-corrected chi connectivity index (χ4v) is 3.46. The van der Waals surface area contributed by atoms with Gasteiger partial charge in [0.25, 0.3) is 5.91 Å². The Balaban J connectivity index is 1.42. The van der Waals surface area contributed by atoms with Crippen LogP contribution in [0.15, 0.2) is 48.5 Å². The third-order valence-electron chi connectivity index (χ3n) is 5.23. The van der Waals surface area contributed by atoms with E-state index in [1.807, 2.05) is 6.92 Å². The number of amides is 1. The summed E-state index contributed by atoms with van der Waals surface area (Å²) in [5.41, 5.74) is 2.02. The third-order valence-corrected chi connectivity index (χ3v) is 5.23. The van der Waals surface area contributed by atoms with Gasteiger partial charge in [-0.2, -0.15) is 0 Å². The van der Waals surface area contributed by atoms with E-state index in [4.69, 9.17) is 0 Å². The molecule has 1 heterocycles. The summed E-state index contributed by atoms with van der Waals surface area (Å²) in [6, 6.07) is 12.8. The number of piperazine rings is 1. The number of carbonyl (C=O) groups is 1. The Morgan fingerprint density at radius 3 is 2.19 bits per heavy atom. The lowest BCUT2D eigenvalue weighted by Crippen LogP contribution is -3.19. The van der Waals surface area contributed by atoms with Gasteiger partial charge in [0, 0.05) is 12.2 Å². The van der Waals surface area contributed by atoms with E-state index < -0.39 is 0 Å². The second kappa shape index (κ2) is 8.95. The van der Waals surface area contributed by atoms with E-state index in [-0.39, 0.29) is 23.6 Å². The fraction of sp³-hybridized carbons (Fsp3) is 0.381. The Bertz CT molecular complexity index is 741. The molecule has 1 aliphatic heterocycles. The van der Waals surface area contributed by atoms with Crippen molar-refractivity contribution in [2.75, 3.05) is 37.6 Å². The molecule has 1 saturated heterocycles. The summed E-state index contributed by atoms with van der Waals surface area (Å²) in [4.78, 5) is 15.9. The van der Waals surface area contributed by atoms with Crippen LogP contribution in [0.5, 0.6) is 0 Å². The second-order valence-corrected chi connectivity index (χ2v) is 7.01. The van der Waals surface area contributed by atoms with Crippen molar-refractivity contribution in [2.24, 2.45) is 0 Å². The van der Waals surface area contributed by atoms with Gasteiger partial charge in [0.2, 0.25) is 0 Å². The molecule has 1 aliphatic rings. The SMILES string of the molecule is C[C@@H](C(=O)NCCc1ccc(F)cc1)[NH+]1CCN(c2ccc(F)cc2)CC1. The van der Waals surface area contributed by atoms with Crippen molar-refractivity contribution in [1.29, 1.82) is 0 Å². The molecular weight excluding hydrogens is 348 g/mol. The average Bonchev–Trinajstić information content (AvgIpc) is 2.69. The Morgan fingerprint density at radius 2 is 1.59 bits per heavy atom. The number of halogens is 2. The minimum absolute atomic E-state index is 0.0438. The largest absolute Gasteiger partial charge is 0.360 e. The summed E-state index contributed by atoms with van der Waals surface area (Å²) in [5.74, 6) is -0.434. The zero-order valence-corrected chi connectivity index (χ0v) is 15.6. The summed E-state index contributed by atoms with van der Waals surface area (Å²) in [7, 11) is 0. The zero-order chi connectivity index (χ0) is 19.2. The standard InChI is InChI=1S/C21H25F2N3O/c1-16(21(27)24-11-10-17-2-4-18(22)5-3-17)25-12-14-26(15-13-25)20-8-6-19(23)7-9-20/h2-9,16H,10-15H2,1H3,(H,24,27)/p+1/t16-/m0/s1. The van der Waals surface area contributed by atoms with Crippen LogP contribution in [0, 0.1) is 11.6 Å². The van der Waals surface area contributed by atoms with Gasteiger partial charge in [0.05, 0.1) is 26.2 Å². The lowest BCUT2D eigenvalue weighted by Gasteiger charge is -2.36. The number of quaternary nitrogens is 1. The summed E-state index contributed by atoms with van der Waals surface area (Å²) in [6.07, 6.45) is 0.687. The minimum atomic E-state index is -0.250. The molecule has 0 saturated carbocycles. The van der Waals surface area contributed by atoms with E-state index in [2.05, 4.69) is 10.2 Å². The predicted molar refractivity (Wildman–Crippen MR) is 102 cm³/mol. The fourth-order valence-electron chi connectivity index (χ4n) is 3.46. The van der Waals surface area contributed by atoms with Crippen LogP contribution in [0.1, 0.15) is 12.5 Å². The van der Waals surface area contributed by atoms with Gasteiger partial charge in [-0.1, -0.05) is 12.1 Å². The maximum Gasteiger partial charge on any atom is 0.278 e. The highest BCUT2D eigenvalue weighted by Gasteiger charge is 2.29. The smallest absolute Gasteiger partial charge is 0.278 e. The summed E-state index contributed by atoms with van der Waals surface area (Å²) >= 11 is 0. The quantitative estimate of drug-likeness (QED) is 0.802. The Hall–Kier alpha value is -2.47. The summed E-state index contributed by atoms with van der Waals surface area (Å²) in [6.45, 7) is 5.91. The van der Waals surface area contributed by atoms with E-state index in [1.165, 1.54) is 29.2 Å². The van der Waals surface area contributed by atoms with Gasteiger partial charge in [-0.25, -0.2) is 8.78 Å². The van der Waals surface area contributed by atoms with Crippen LogP contribution in [0.2, 0.25) is 0 Å². The molecule has 4 nitrogen and oxygen atoms in total. The van der Waals surface area contributed by atoms with Gasteiger partial charge in [0.1, 0.15) is 11.6 Å². The topological polar surface area (TPSA) is 36.8 Å². The van der Waals surface area contributed by atoms with Gasteiger partial charge in [-0.15, -0.1) is 0 Å². The molecule has 1 fully saturated rings. The Kier molecular flexibility index (Phi) is 6.40. The molecule has 3 rings (SSSR count). The zero-order valence-electron chi connectivity index (χ0n) is 15.6. The third kappa shape index (κ3) is 5.26. The number of anilines is 1. The van der Waals surface area contributed by atoms with Crippen molar-refractivity contribution >= 4 is 11.6 Å². The molecule has 1 atom stereocenters. The van der Waals surface area contributed by atoms with Crippen LogP contribution >= 0.6 is 0 Å². The molecule has 0 unspecified atom stereocenters. The molecule has 27 heavy (non-hydrogen) atoms. The monoisotopic (exact) mass is 374 g/mol. The number of hydrogen-bond acceptors (Lipinski definition) is 2. The summed E-state index contributed by atoms with van der Waals surface area (Å²) < 4.78 is 26.0. The number of hydrogen-bond donors (Lipinski definition) is 2. The lowest BCUT2D eigenvalue weighted by molar-refractivity contribution is -0.914. The van der Waals surface area contributed by atoms with Crippen molar-refractivity contribution in [3.8, 4) is 0 Å². The first-order valence-corrected chi connectivity index (χ1v) is 9.40. The Morgan fingerprint density at radius 1 is 1.04 bits per heavy atom. The van der Waals surface area contributed by atoms with Gasteiger partial charge in [0.15, 0.2) is 6.04 Å². The van der Waals surface area contributed by atoms with Crippen molar-refractivity contribution in [3.05, 3.63) is 65.7 Å². The van der Waals surface area contributed by atoms with E-state index in [9.17, 15) is 13.6 Å². The Labute approximate surface area is 158 Å². The molecule has 0 bridgehead atoms. The van der Waals surface area contributed by atoms with Crippen LogP contribution in [-0.4, -0.2) is 44.7 Å². The lowest BCUT2D eigenvalue weighted by atomic mass is 10.1. The highest BCUT2D eigenvalue weighted by atomic mass is 19.1. The van der Waals surface area contributed by atoms with Gasteiger partial charge < -0.3 is 15.1 Å². The molecule has 6 heteroatoms. The summed E-state index contributed by atoms with van der Waals surface area (Å²) in [5, 5.41) is 2.98. The van der Waals surface area contributed by atoms with Crippen LogP contribution in [-0.2, 0) is 11.2 Å². The van der Waals surface area contributed by atoms with Crippen LogP contribution < -0.4 is 15.1 Å². The molecule has 0 radical (unpaired) electrons. The molecule has 0 spiro atoms. The second-order valence-electron chi connectivity index (χ2n) is 7.01. The first-order valence-electron chi connectivity index (χ1n) is 9.40. The maximum absolute atomic E-state index is 13.1. The van der Waals surface area contributed by atoms with E-state index in [0.29, 0.717) is 13.0 Å². The van der Waals surface area contributed by atoms with Crippen molar-refractivity contribution in [1.82, 2.24) is 5.32 Å². The number of nitrogens with zero attached hydrogens (tertiary/aromatic N) is 1. The maximum atomic E-state index is 13.1. The molecular formula is C21H26F2N3O+. The van der Waals surface area contributed by atoms with Crippen LogP contribution in [0.3, 0.4) is 0 Å².